The van der Waals surface area contributed by atoms with Crippen molar-refractivity contribution in [3.63, 3.8) is 0 Å². The maximum atomic E-state index is 12.1. The number of aliphatic hydroxyl groups is 8. The third-order valence-corrected chi connectivity index (χ3v) is 17.9. The van der Waals surface area contributed by atoms with Gasteiger partial charge in [0.15, 0.2) is 12.6 Å². The van der Waals surface area contributed by atoms with Crippen LogP contribution in [-0.4, -0.2) is 140 Å². The highest BCUT2D eigenvalue weighted by atomic mass is 16.7. The predicted octanol–water partition coefficient (Wildman–Crippen LogP) is 1.78. The maximum absolute atomic E-state index is 12.1. The highest BCUT2D eigenvalue weighted by Crippen LogP contribution is 2.79. The van der Waals surface area contributed by atoms with Crippen molar-refractivity contribution < 1.29 is 64.5 Å². The van der Waals surface area contributed by atoms with Gasteiger partial charge < -0.3 is 64.5 Å². The van der Waals surface area contributed by atoms with Crippen molar-refractivity contribution in [2.24, 2.45) is 50.2 Å². The second-order valence-electron chi connectivity index (χ2n) is 21.0. The fourth-order valence-corrected chi connectivity index (χ4v) is 14.3. The summed E-state index contributed by atoms with van der Waals surface area (Å²) in [6.07, 6.45) is -3.39. The molecule has 3 heterocycles. The van der Waals surface area contributed by atoms with Crippen LogP contribution in [-0.2, 0) is 23.7 Å². The molecule has 0 radical (unpaired) electrons. The van der Waals surface area contributed by atoms with Gasteiger partial charge in [0.05, 0.1) is 43.7 Å². The van der Waals surface area contributed by atoms with E-state index < -0.39 is 91.2 Å². The van der Waals surface area contributed by atoms with Crippen molar-refractivity contribution in [1.29, 1.82) is 0 Å². The van der Waals surface area contributed by atoms with E-state index in [1.165, 1.54) is 0 Å². The Bertz CT molecular complexity index is 1490. The van der Waals surface area contributed by atoms with Crippen molar-refractivity contribution in [3.8, 4) is 0 Å². The van der Waals surface area contributed by atoms with Gasteiger partial charge in [0, 0.05) is 22.2 Å². The van der Waals surface area contributed by atoms with Crippen LogP contribution in [0.1, 0.15) is 99.8 Å². The van der Waals surface area contributed by atoms with Crippen LogP contribution in [0.4, 0.5) is 0 Å². The van der Waals surface area contributed by atoms with Crippen LogP contribution in [0.25, 0.3) is 0 Å². The molecule has 314 valence electrons. The first-order valence-electron chi connectivity index (χ1n) is 20.9. The highest BCUT2D eigenvalue weighted by molar-refractivity contribution is 5.36. The van der Waals surface area contributed by atoms with E-state index >= 15 is 0 Å². The molecule has 8 aliphatic rings. The number of hydrogen-bond acceptors (Lipinski definition) is 13. The molecule has 0 amide bonds. The van der Waals surface area contributed by atoms with E-state index in [9.17, 15) is 40.9 Å². The molecule has 0 unspecified atom stereocenters. The van der Waals surface area contributed by atoms with E-state index in [0.717, 1.165) is 38.5 Å². The summed E-state index contributed by atoms with van der Waals surface area (Å²) in [6, 6.07) is 0. The minimum absolute atomic E-state index is 0.0414. The Hall–Kier alpha value is -0.780. The van der Waals surface area contributed by atoms with Gasteiger partial charge in [0.1, 0.15) is 42.7 Å². The Morgan fingerprint density at radius 2 is 1.44 bits per heavy atom. The Kier molecular flexibility index (Phi) is 9.95. The summed E-state index contributed by atoms with van der Waals surface area (Å²) in [5, 5.41) is 87.0. The van der Waals surface area contributed by atoms with Gasteiger partial charge >= 0.3 is 0 Å². The Morgan fingerprint density at radius 3 is 2.13 bits per heavy atom. The molecule has 0 aromatic carbocycles. The van der Waals surface area contributed by atoms with Crippen molar-refractivity contribution in [2.75, 3.05) is 19.8 Å². The van der Waals surface area contributed by atoms with Crippen LogP contribution in [0.2, 0.25) is 0 Å². The number of ether oxygens (including phenoxy) is 5. The quantitative estimate of drug-likeness (QED) is 0.143. The van der Waals surface area contributed by atoms with Crippen LogP contribution in [0.3, 0.4) is 0 Å². The molecule has 4 saturated carbocycles. The summed E-state index contributed by atoms with van der Waals surface area (Å²) >= 11 is 0. The topological polar surface area (TPSA) is 208 Å². The van der Waals surface area contributed by atoms with Crippen LogP contribution in [0, 0.1) is 50.2 Å². The molecule has 8 rings (SSSR count). The summed E-state index contributed by atoms with van der Waals surface area (Å²) in [5.41, 5.74) is -1.90. The third-order valence-electron chi connectivity index (χ3n) is 17.9. The molecular weight excluding hydrogens is 712 g/mol. The first-order chi connectivity index (χ1) is 25.7. The van der Waals surface area contributed by atoms with Crippen LogP contribution >= 0.6 is 0 Å². The lowest BCUT2D eigenvalue weighted by Gasteiger charge is -2.73. The Morgan fingerprint density at radius 1 is 0.727 bits per heavy atom. The predicted molar refractivity (Wildman–Crippen MR) is 197 cm³/mol. The summed E-state index contributed by atoms with van der Waals surface area (Å²) < 4.78 is 31.2. The van der Waals surface area contributed by atoms with Crippen molar-refractivity contribution in [1.82, 2.24) is 0 Å². The number of allylic oxidation sites excluding steroid dienone is 1. The lowest BCUT2D eigenvalue weighted by atomic mass is 9.32. The second-order valence-corrected chi connectivity index (χ2v) is 21.0. The molecule has 0 aromatic heterocycles. The second kappa shape index (κ2) is 13.4. The zero-order valence-corrected chi connectivity index (χ0v) is 33.7. The van der Waals surface area contributed by atoms with E-state index in [1.807, 2.05) is 0 Å². The lowest BCUT2D eigenvalue weighted by Crippen LogP contribution is -2.72. The molecule has 3 saturated heterocycles. The van der Waals surface area contributed by atoms with Gasteiger partial charge in [-0.15, -0.1) is 0 Å². The molecule has 13 nitrogen and oxygen atoms in total. The Balaban J connectivity index is 1.05. The summed E-state index contributed by atoms with van der Waals surface area (Å²) in [4.78, 5) is 0. The molecule has 0 aromatic rings. The SMILES string of the molecule is C[C@H]1O[C@@H](O[C@@H]2CC[C@@]3(C)[C@@H](CC[C@]4(C)[C@@H]3C=C[C@]35OC[C@@]6(CCC(C)(C)C[C@H]63)[C@H](O)C[C@]54C)[C@@]2(C)CO)[C@H](O)[C@@H](O[C@@H]2O[C@H](CO)[C@@H](O)[C@H](O)[C@H]2O)[C@H]1O. The maximum Gasteiger partial charge on any atom is 0.187 e. The first-order valence-corrected chi connectivity index (χ1v) is 20.9. The standard InChI is InChI=1S/C42H68O13/c1-21-28(46)33(55-34-31(49)30(48)29(47)22(18-43)53-34)32(50)35(52-21)54-27-10-11-37(4)23(38(27,5)19-44)8-12-39(6)24(37)9-13-42-25-16-36(2,3)14-15-41(25,20-51-42)26(45)17-40(39,42)7/h9,13,21-35,43-50H,8,10-12,14-20H2,1-7H3/t21-,22-,23-,24-,25-,26-,27-,28+,29-,30+,31-,32-,33+,34+,35+,37+,38-,39-,40+,41-,42+/m1/s1. The zero-order valence-electron chi connectivity index (χ0n) is 33.7. The largest absolute Gasteiger partial charge is 0.396 e. The minimum atomic E-state index is -1.72. The van der Waals surface area contributed by atoms with Gasteiger partial charge in [-0.25, -0.2) is 0 Å². The number of hydrogen-bond donors (Lipinski definition) is 8. The van der Waals surface area contributed by atoms with E-state index in [-0.39, 0.29) is 51.4 Å². The molecule has 2 bridgehead atoms. The highest BCUT2D eigenvalue weighted by Gasteiger charge is 2.79. The molecule has 13 heteroatoms. The number of fused-ring (bicyclic) bond motifs is 4. The first kappa shape index (κ1) is 41.0. The van der Waals surface area contributed by atoms with Crippen LogP contribution in [0.5, 0.6) is 0 Å². The summed E-state index contributed by atoms with van der Waals surface area (Å²) in [5.74, 6) is 0.449. The molecule has 1 spiro atoms. The van der Waals surface area contributed by atoms with E-state index in [1.54, 1.807) is 6.92 Å². The molecular formula is C42H68O13. The van der Waals surface area contributed by atoms with Gasteiger partial charge in [-0.1, -0.05) is 53.7 Å². The van der Waals surface area contributed by atoms with E-state index in [2.05, 4.69) is 53.7 Å². The molecule has 7 fully saturated rings. The van der Waals surface area contributed by atoms with Crippen molar-refractivity contribution in [3.05, 3.63) is 12.2 Å². The average Bonchev–Trinajstić information content (AvgIpc) is 3.41. The van der Waals surface area contributed by atoms with E-state index in [0.29, 0.717) is 19.4 Å². The number of aliphatic hydroxyl groups excluding tert-OH is 8. The zero-order chi connectivity index (χ0) is 39.9. The molecule has 5 aliphatic carbocycles. The summed E-state index contributed by atoms with van der Waals surface area (Å²) in [7, 11) is 0. The fraction of sp³-hybridized carbons (Fsp3) is 0.952. The molecule has 55 heavy (non-hydrogen) atoms. The monoisotopic (exact) mass is 780 g/mol. The summed E-state index contributed by atoms with van der Waals surface area (Å²) in [6.45, 7) is 15.4. The van der Waals surface area contributed by atoms with E-state index in [4.69, 9.17) is 23.7 Å². The normalized spacial score (nSPS) is 59.7. The van der Waals surface area contributed by atoms with Crippen LogP contribution in [0.15, 0.2) is 12.2 Å². The molecule has 8 N–H and O–H groups in total. The van der Waals surface area contributed by atoms with Gasteiger partial charge in [-0.05, 0) is 86.4 Å². The van der Waals surface area contributed by atoms with Gasteiger partial charge in [0.2, 0.25) is 0 Å². The fourth-order valence-electron chi connectivity index (χ4n) is 14.3. The van der Waals surface area contributed by atoms with Gasteiger partial charge in [-0.3, -0.25) is 0 Å². The van der Waals surface area contributed by atoms with Gasteiger partial charge in [-0.2, -0.15) is 0 Å². The lowest BCUT2D eigenvalue weighted by molar-refractivity contribution is -0.367. The number of rotatable bonds is 6. The Labute approximate surface area is 325 Å². The smallest absolute Gasteiger partial charge is 0.187 e. The van der Waals surface area contributed by atoms with Crippen LogP contribution < -0.4 is 0 Å². The van der Waals surface area contributed by atoms with Crippen molar-refractivity contribution >= 4 is 0 Å². The minimum Gasteiger partial charge on any atom is -0.396 e. The molecule has 3 aliphatic heterocycles. The molecule has 21 atom stereocenters. The average molecular weight is 781 g/mol. The van der Waals surface area contributed by atoms with Gasteiger partial charge in [0.25, 0.3) is 0 Å². The van der Waals surface area contributed by atoms with Crippen molar-refractivity contribution in [2.45, 2.75) is 179 Å². The third kappa shape index (κ3) is 5.44.